The molecule has 0 unspecified atom stereocenters. The van der Waals surface area contributed by atoms with Crippen molar-refractivity contribution >= 4 is 42.4 Å². The summed E-state index contributed by atoms with van der Waals surface area (Å²) in [5, 5.41) is 11.3. The van der Waals surface area contributed by atoms with E-state index in [2.05, 4.69) is 20.0 Å². The third-order valence-electron chi connectivity index (χ3n) is 6.63. The summed E-state index contributed by atoms with van der Waals surface area (Å²) in [4.78, 5) is 27.7. The molecule has 0 spiro atoms. The molecule has 0 bridgehead atoms. The van der Waals surface area contributed by atoms with Crippen LogP contribution >= 0.6 is 7.75 Å². The highest BCUT2D eigenvalue weighted by Crippen LogP contribution is 2.46. The number of benzene rings is 1. The van der Waals surface area contributed by atoms with Crippen molar-refractivity contribution in [3.63, 3.8) is 0 Å². The Bertz CT molecular complexity index is 1460. The average Bonchev–Trinajstić information content (AvgIpc) is 3.59. The molecule has 1 aromatic carbocycles. The van der Waals surface area contributed by atoms with Crippen molar-refractivity contribution in [1.82, 2.24) is 24.6 Å². The van der Waals surface area contributed by atoms with E-state index in [1.807, 2.05) is 11.9 Å². The van der Waals surface area contributed by atoms with Gasteiger partial charge in [0.15, 0.2) is 23.2 Å². The number of hydrogen-bond acceptors (Lipinski definition) is 12. The standard InChI is InChI=1S/C26H35N8O6P/c1-15(2)38-25(35)16(3)32-41(36,40-18-8-6-5-7-9-18)37-13-19-12-20(27)24(39-19)34-14-29-21-22(33(4)17-10-11-17)30-26(28)31-23(21)34/h5-9,14-17,19,24,27H,10-13H2,1-4H3,(H,32,36)(H2,28,30,31)/t16-,19-,24+,41+/m0/s1. The molecular formula is C26H35N8O6P. The largest absolute Gasteiger partial charge is 0.462 e. The van der Waals surface area contributed by atoms with Crippen molar-refractivity contribution in [2.45, 2.75) is 70.6 Å². The summed E-state index contributed by atoms with van der Waals surface area (Å²) >= 11 is 0. The van der Waals surface area contributed by atoms with E-state index in [1.54, 1.807) is 55.1 Å². The highest BCUT2D eigenvalue weighted by Gasteiger charge is 2.38. The van der Waals surface area contributed by atoms with Crippen LogP contribution in [0.1, 0.15) is 46.3 Å². The van der Waals surface area contributed by atoms with Crippen LogP contribution < -0.4 is 20.2 Å². The minimum Gasteiger partial charge on any atom is -0.462 e. The summed E-state index contributed by atoms with van der Waals surface area (Å²) in [5.74, 6) is 0.425. The number of nitrogens with two attached hydrogens (primary N) is 1. The van der Waals surface area contributed by atoms with Gasteiger partial charge in [-0.15, -0.1) is 0 Å². The number of nitrogens with zero attached hydrogens (tertiary/aromatic N) is 5. The third kappa shape index (κ3) is 6.67. The fraction of sp³-hybridized carbons (Fsp3) is 0.500. The number of nitrogen functional groups attached to an aromatic ring is 1. The van der Waals surface area contributed by atoms with Gasteiger partial charge < -0.3 is 30.0 Å². The van der Waals surface area contributed by atoms with Gasteiger partial charge in [0.2, 0.25) is 5.95 Å². The molecule has 3 aromatic rings. The summed E-state index contributed by atoms with van der Waals surface area (Å²) in [7, 11) is -2.13. The number of aromatic nitrogens is 4. The van der Waals surface area contributed by atoms with E-state index < -0.39 is 32.1 Å². The first-order chi connectivity index (χ1) is 19.5. The SMILES string of the molecule is CC(C)OC(=O)[C@H](C)N[P@@](=O)(OC[C@@H]1CC(=N)[C@H](n2cnc3c(N(C)C4CC4)nc(N)nc32)O1)Oc1ccccc1. The van der Waals surface area contributed by atoms with E-state index in [0.29, 0.717) is 28.8 Å². The van der Waals surface area contributed by atoms with Gasteiger partial charge in [0.05, 0.1) is 30.9 Å². The molecule has 0 amide bonds. The first kappa shape index (κ1) is 28.9. The predicted molar refractivity (Wildman–Crippen MR) is 152 cm³/mol. The molecule has 2 fully saturated rings. The van der Waals surface area contributed by atoms with Gasteiger partial charge in [-0.1, -0.05) is 18.2 Å². The second-order valence-electron chi connectivity index (χ2n) is 10.4. The maximum Gasteiger partial charge on any atom is 0.459 e. The zero-order valence-corrected chi connectivity index (χ0v) is 24.3. The minimum absolute atomic E-state index is 0.0985. The Kier molecular flexibility index (Phi) is 8.28. The van der Waals surface area contributed by atoms with E-state index in [-0.39, 0.29) is 30.8 Å². The van der Waals surface area contributed by atoms with Gasteiger partial charge >= 0.3 is 13.7 Å². The Morgan fingerprint density at radius 3 is 2.68 bits per heavy atom. The zero-order valence-electron chi connectivity index (χ0n) is 23.4. The smallest absolute Gasteiger partial charge is 0.459 e. The zero-order chi connectivity index (χ0) is 29.3. The highest BCUT2D eigenvalue weighted by molar-refractivity contribution is 7.52. The fourth-order valence-corrected chi connectivity index (χ4v) is 6.00. The van der Waals surface area contributed by atoms with Crippen LogP contribution in [0.25, 0.3) is 11.2 Å². The molecule has 1 aliphatic carbocycles. The van der Waals surface area contributed by atoms with Crippen molar-refractivity contribution in [2.24, 2.45) is 0 Å². The molecule has 5 rings (SSSR count). The molecule has 2 aromatic heterocycles. The van der Waals surface area contributed by atoms with Gasteiger partial charge in [0, 0.05) is 19.5 Å². The van der Waals surface area contributed by atoms with Crippen LogP contribution in [0.3, 0.4) is 0 Å². The van der Waals surface area contributed by atoms with Crippen LogP contribution in [0.2, 0.25) is 0 Å². The lowest BCUT2D eigenvalue weighted by Crippen LogP contribution is -2.36. The summed E-state index contributed by atoms with van der Waals surface area (Å²) in [6, 6.07) is 7.89. The summed E-state index contributed by atoms with van der Waals surface area (Å²) in [5.41, 5.74) is 7.30. The van der Waals surface area contributed by atoms with E-state index in [0.717, 1.165) is 12.8 Å². The Morgan fingerprint density at radius 1 is 1.27 bits per heavy atom. The molecule has 1 aliphatic heterocycles. The Labute approximate surface area is 237 Å². The molecule has 3 heterocycles. The monoisotopic (exact) mass is 586 g/mol. The quantitative estimate of drug-likeness (QED) is 0.208. The molecule has 2 aliphatic rings. The number of carbonyl (C=O) groups is 1. The van der Waals surface area contributed by atoms with Crippen LogP contribution in [0.15, 0.2) is 36.7 Å². The first-order valence-corrected chi connectivity index (χ1v) is 15.0. The summed E-state index contributed by atoms with van der Waals surface area (Å²) in [6.45, 7) is 4.78. The molecule has 220 valence electrons. The lowest BCUT2D eigenvalue weighted by atomic mass is 10.2. The molecule has 0 radical (unpaired) electrons. The van der Waals surface area contributed by atoms with E-state index in [4.69, 9.17) is 29.7 Å². The molecule has 4 N–H and O–H groups in total. The van der Waals surface area contributed by atoms with Gasteiger partial charge in [-0.25, -0.2) is 9.55 Å². The van der Waals surface area contributed by atoms with Crippen LogP contribution in [-0.4, -0.2) is 69.1 Å². The molecule has 1 saturated carbocycles. The molecule has 41 heavy (non-hydrogen) atoms. The van der Waals surface area contributed by atoms with Crippen molar-refractivity contribution in [2.75, 3.05) is 24.3 Å². The lowest BCUT2D eigenvalue weighted by molar-refractivity contribution is -0.149. The summed E-state index contributed by atoms with van der Waals surface area (Å²) in [6.07, 6.45) is 2.11. The number of nitrogens with one attached hydrogen (secondary N) is 2. The van der Waals surface area contributed by atoms with Gasteiger partial charge in [-0.2, -0.15) is 15.1 Å². The third-order valence-corrected chi connectivity index (χ3v) is 8.27. The molecule has 4 atom stereocenters. The summed E-state index contributed by atoms with van der Waals surface area (Å²) < 4.78 is 38.2. The minimum atomic E-state index is -4.08. The van der Waals surface area contributed by atoms with Crippen LogP contribution in [0.4, 0.5) is 11.8 Å². The normalized spacial score (nSPS) is 21.1. The van der Waals surface area contributed by atoms with Gasteiger partial charge in [0.1, 0.15) is 11.8 Å². The number of hydrogen-bond donors (Lipinski definition) is 3. The predicted octanol–water partition coefficient (Wildman–Crippen LogP) is 3.45. The van der Waals surface area contributed by atoms with Gasteiger partial charge in [0.25, 0.3) is 0 Å². The van der Waals surface area contributed by atoms with Crippen molar-refractivity contribution in [1.29, 1.82) is 5.41 Å². The van der Waals surface area contributed by atoms with Crippen molar-refractivity contribution in [3.05, 3.63) is 36.7 Å². The molecule has 15 heteroatoms. The first-order valence-electron chi connectivity index (χ1n) is 13.5. The number of para-hydroxylation sites is 1. The van der Waals surface area contributed by atoms with E-state index in [9.17, 15) is 9.36 Å². The molecule has 14 nitrogen and oxygen atoms in total. The molecule has 1 saturated heterocycles. The second kappa shape index (κ2) is 11.7. The Morgan fingerprint density at radius 2 is 2.00 bits per heavy atom. The fourth-order valence-electron chi connectivity index (χ4n) is 4.48. The highest BCUT2D eigenvalue weighted by atomic mass is 31.2. The Hall–Kier alpha value is -3.58. The van der Waals surface area contributed by atoms with E-state index >= 15 is 0 Å². The number of ether oxygens (including phenoxy) is 2. The van der Waals surface area contributed by atoms with E-state index in [1.165, 1.54) is 6.92 Å². The topological polar surface area (TPSA) is 180 Å². The molecular weight excluding hydrogens is 551 g/mol. The van der Waals surface area contributed by atoms with Gasteiger partial charge in [-0.3, -0.25) is 13.9 Å². The van der Waals surface area contributed by atoms with Crippen LogP contribution in [0.5, 0.6) is 5.75 Å². The second-order valence-corrected chi connectivity index (χ2v) is 12.1. The van der Waals surface area contributed by atoms with Crippen LogP contribution in [-0.2, 0) is 23.4 Å². The Balaban J connectivity index is 1.31. The number of anilines is 2. The average molecular weight is 587 g/mol. The number of rotatable bonds is 12. The maximum absolute atomic E-state index is 13.8. The van der Waals surface area contributed by atoms with Crippen molar-refractivity contribution < 1.29 is 27.9 Å². The number of imidazole rings is 1. The maximum atomic E-state index is 13.8. The van der Waals surface area contributed by atoms with Gasteiger partial charge in [-0.05, 0) is 45.7 Å². The van der Waals surface area contributed by atoms with Crippen molar-refractivity contribution in [3.8, 4) is 5.75 Å². The number of esters is 1. The number of carbonyl (C=O) groups excluding carboxylic acids is 1. The lowest BCUT2D eigenvalue weighted by Gasteiger charge is -2.24. The number of fused-ring (bicyclic) bond motifs is 1. The van der Waals surface area contributed by atoms with Crippen LogP contribution in [0, 0.1) is 5.41 Å².